The maximum absolute atomic E-state index is 4.22. The summed E-state index contributed by atoms with van der Waals surface area (Å²) in [5, 5.41) is 0. The second-order valence-corrected chi connectivity index (χ2v) is 2.72. The van der Waals surface area contributed by atoms with Gasteiger partial charge < -0.3 is 0 Å². The van der Waals surface area contributed by atoms with E-state index in [1.54, 1.807) is 0 Å². The maximum Gasteiger partial charge on any atom is 0.0642 e. The highest BCUT2D eigenvalue weighted by Gasteiger charge is 2.09. The number of allylic oxidation sites excluding steroid dienone is 6. The molecule has 0 spiro atoms. The van der Waals surface area contributed by atoms with Crippen LogP contribution in [-0.2, 0) is 0 Å². The average Bonchev–Trinajstić information content (AvgIpc) is 2.16. The molecule has 12 heavy (non-hydrogen) atoms. The molecule has 0 aromatic rings. The standard InChI is InChI=1S/C11H15N/c1-4-9-7-6-8-11(12-3)10(9)5-2/h5-8H,4H2,1-3H3/b10-5-,12-11?. The molecular formula is C11H15N. The van der Waals surface area contributed by atoms with Crippen LogP contribution in [0.15, 0.2) is 40.4 Å². The third kappa shape index (κ3) is 1.55. The van der Waals surface area contributed by atoms with Crippen molar-refractivity contribution in [3.8, 4) is 0 Å². The molecule has 0 N–H and O–H groups in total. The van der Waals surface area contributed by atoms with Gasteiger partial charge in [-0.25, -0.2) is 0 Å². The molecule has 0 atom stereocenters. The van der Waals surface area contributed by atoms with Crippen molar-refractivity contribution in [1.29, 1.82) is 0 Å². The average molecular weight is 161 g/mol. The van der Waals surface area contributed by atoms with Crippen molar-refractivity contribution in [2.45, 2.75) is 20.3 Å². The van der Waals surface area contributed by atoms with Gasteiger partial charge in [-0.15, -0.1) is 0 Å². The molecule has 0 fully saturated rings. The Morgan fingerprint density at radius 1 is 1.50 bits per heavy atom. The van der Waals surface area contributed by atoms with Crippen molar-refractivity contribution in [2.75, 3.05) is 7.05 Å². The Labute approximate surface area is 74.2 Å². The molecular weight excluding hydrogens is 146 g/mol. The summed E-state index contributed by atoms with van der Waals surface area (Å²) in [6.07, 6.45) is 9.47. The lowest BCUT2D eigenvalue weighted by Gasteiger charge is -2.12. The van der Waals surface area contributed by atoms with E-state index in [1.807, 2.05) is 7.05 Å². The first-order valence-corrected chi connectivity index (χ1v) is 4.34. The highest BCUT2D eigenvalue weighted by atomic mass is 14.7. The highest BCUT2D eigenvalue weighted by molar-refractivity contribution is 6.12. The molecule has 0 radical (unpaired) electrons. The fourth-order valence-corrected chi connectivity index (χ4v) is 1.44. The number of hydrogen-bond donors (Lipinski definition) is 0. The number of aliphatic imine (C=N–C) groups is 1. The van der Waals surface area contributed by atoms with Crippen LogP contribution in [0.2, 0.25) is 0 Å². The molecule has 0 aromatic heterocycles. The van der Waals surface area contributed by atoms with Crippen LogP contribution in [0.5, 0.6) is 0 Å². The normalized spacial score (nSPS) is 23.4. The molecule has 0 saturated carbocycles. The topological polar surface area (TPSA) is 12.4 Å². The van der Waals surface area contributed by atoms with Crippen LogP contribution >= 0.6 is 0 Å². The molecule has 0 unspecified atom stereocenters. The minimum Gasteiger partial charge on any atom is -0.288 e. The van der Waals surface area contributed by atoms with Crippen molar-refractivity contribution < 1.29 is 0 Å². The second kappa shape index (κ2) is 4.05. The predicted octanol–water partition coefficient (Wildman–Crippen LogP) is 2.91. The van der Waals surface area contributed by atoms with Gasteiger partial charge in [0, 0.05) is 7.05 Å². The summed E-state index contributed by atoms with van der Waals surface area (Å²) >= 11 is 0. The van der Waals surface area contributed by atoms with E-state index in [1.165, 1.54) is 11.1 Å². The van der Waals surface area contributed by atoms with Crippen LogP contribution < -0.4 is 0 Å². The monoisotopic (exact) mass is 161 g/mol. The molecule has 0 aromatic carbocycles. The smallest absolute Gasteiger partial charge is 0.0642 e. The minimum absolute atomic E-state index is 1.07. The zero-order chi connectivity index (χ0) is 8.97. The van der Waals surface area contributed by atoms with Gasteiger partial charge in [0.15, 0.2) is 0 Å². The van der Waals surface area contributed by atoms with Gasteiger partial charge in [0.1, 0.15) is 0 Å². The summed E-state index contributed by atoms with van der Waals surface area (Å²) in [4.78, 5) is 4.22. The van der Waals surface area contributed by atoms with Crippen LogP contribution in [0.4, 0.5) is 0 Å². The van der Waals surface area contributed by atoms with Crippen LogP contribution in [0.1, 0.15) is 20.3 Å². The third-order valence-corrected chi connectivity index (χ3v) is 2.08. The molecule has 0 heterocycles. The first-order valence-electron chi connectivity index (χ1n) is 4.34. The Kier molecular flexibility index (Phi) is 3.03. The lowest BCUT2D eigenvalue weighted by molar-refractivity contribution is 1.12. The Balaban J connectivity index is 3.06. The molecule has 0 amide bonds. The number of rotatable bonds is 1. The van der Waals surface area contributed by atoms with Gasteiger partial charge in [0.25, 0.3) is 0 Å². The van der Waals surface area contributed by atoms with Crippen LogP contribution in [-0.4, -0.2) is 12.8 Å². The van der Waals surface area contributed by atoms with E-state index in [-0.39, 0.29) is 0 Å². The summed E-state index contributed by atoms with van der Waals surface area (Å²) in [7, 11) is 1.84. The van der Waals surface area contributed by atoms with E-state index < -0.39 is 0 Å². The second-order valence-electron chi connectivity index (χ2n) is 2.72. The maximum atomic E-state index is 4.22. The van der Waals surface area contributed by atoms with Gasteiger partial charge in [0.2, 0.25) is 0 Å². The van der Waals surface area contributed by atoms with E-state index in [0.717, 1.165) is 12.1 Å². The van der Waals surface area contributed by atoms with E-state index in [4.69, 9.17) is 0 Å². The fraction of sp³-hybridized carbons (Fsp3) is 0.364. The zero-order valence-electron chi connectivity index (χ0n) is 7.96. The predicted molar refractivity (Wildman–Crippen MR) is 54.6 cm³/mol. The molecule has 1 aliphatic rings. The first kappa shape index (κ1) is 8.98. The quantitative estimate of drug-likeness (QED) is 0.560. The molecule has 1 aliphatic carbocycles. The van der Waals surface area contributed by atoms with E-state index in [2.05, 4.69) is 43.1 Å². The molecule has 1 rings (SSSR count). The number of hydrogen-bond acceptors (Lipinski definition) is 1. The minimum atomic E-state index is 1.07. The van der Waals surface area contributed by atoms with Crippen LogP contribution in [0.3, 0.4) is 0 Å². The van der Waals surface area contributed by atoms with E-state index in [0.29, 0.717) is 0 Å². The van der Waals surface area contributed by atoms with Gasteiger partial charge in [0.05, 0.1) is 5.71 Å². The molecule has 0 saturated heterocycles. The Morgan fingerprint density at radius 3 is 2.75 bits per heavy atom. The molecule has 1 nitrogen and oxygen atoms in total. The van der Waals surface area contributed by atoms with Crippen LogP contribution in [0.25, 0.3) is 0 Å². The largest absolute Gasteiger partial charge is 0.288 e. The summed E-state index contributed by atoms with van der Waals surface area (Å²) in [5.41, 5.74) is 3.75. The van der Waals surface area contributed by atoms with Crippen molar-refractivity contribution in [1.82, 2.24) is 0 Å². The van der Waals surface area contributed by atoms with Crippen molar-refractivity contribution in [3.05, 3.63) is 35.5 Å². The summed E-state index contributed by atoms with van der Waals surface area (Å²) in [6, 6.07) is 0. The number of nitrogens with zero attached hydrogens (tertiary/aromatic N) is 1. The van der Waals surface area contributed by atoms with E-state index >= 15 is 0 Å². The Hall–Kier alpha value is -1.11. The van der Waals surface area contributed by atoms with E-state index in [9.17, 15) is 0 Å². The van der Waals surface area contributed by atoms with Gasteiger partial charge in [-0.05, 0) is 30.6 Å². The first-order chi connectivity index (χ1) is 5.83. The van der Waals surface area contributed by atoms with Gasteiger partial charge in [-0.2, -0.15) is 0 Å². The molecule has 0 bridgehead atoms. The molecule has 0 aliphatic heterocycles. The summed E-state index contributed by atoms with van der Waals surface area (Å²) in [5.74, 6) is 0. The lowest BCUT2D eigenvalue weighted by atomic mass is 9.94. The van der Waals surface area contributed by atoms with Crippen LogP contribution in [0, 0.1) is 0 Å². The lowest BCUT2D eigenvalue weighted by Crippen LogP contribution is -2.05. The molecule has 64 valence electrons. The fourth-order valence-electron chi connectivity index (χ4n) is 1.44. The van der Waals surface area contributed by atoms with Crippen molar-refractivity contribution in [3.63, 3.8) is 0 Å². The highest BCUT2D eigenvalue weighted by Crippen LogP contribution is 2.20. The van der Waals surface area contributed by atoms with Gasteiger partial charge in [-0.3, -0.25) is 4.99 Å². The van der Waals surface area contributed by atoms with Gasteiger partial charge in [-0.1, -0.05) is 25.2 Å². The summed E-state index contributed by atoms with van der Waals surface area (Å²) < 4.78 is 0. The van der Waals surface area contributed by atoms with Crippen molar-refractivity contribution in [2.24, 2.45) is 4.99 Å². The van der Waals surface area contributed by atoms with Crippen molar-refractivity contribution >= 4 is 5.71 Å². The Bertz CT molecular complexity index is 277. The zero-order valence-corrected chi connectivity index (χ0v) is 7.96. The molecule has 1 heteroatoms. The SMILES string of the molecule is C/C=C1/C(CC)=CC=CC1=NC. The van der Waals surface area contributed by atoms with Gasteiger partial charge >= 0.3 is 0 Å². The third-order valence-electron chi connectivity index (χ3n) is 2.08. The summed E-state index contributed by atoms with van der Waals surface area (Å²) in [6.45, 7) is 4.23. The Morgan fingerprint density at radius 2 is 2.25 bits per heavy atom.